The lowest BCUT2D eigenvalue weighted by atomic mass is 10.5. The Balaban J connectivity index is 2.29. The van der Waals surface area contributed by atoms with Crippen molar-refractivity contribution >= 4 is 27.6 Å². The van der Waals surface area contributed by atoms with E-state index in [1.807, 2.05) is 0 Å². The summed E-state index contributed by atoms with van der Waals surface area (Å²) in [4.78, 5) is 7.75. The van der Waals surface area contributed by atoms with Crippen LogP contribution in [-0.4, -0.2) is 30.7 Å². The Labute approximate surface area is 92.9 Å². The van der Waals surface area contributed by atoms with Gasteiger partial charge in [0, 0.05) is 6.54 Å². The van der Waals surface area contributed by atoms with Crippen molar-refractivity contribution in [2.45, 2.75) is 6.42 Å². The molecule has 15 heavy (non-hydrogen) atoms. The van der Waals surface area contributed by atoms with Gasteiger partial charge in [-0.3, -0.25) is 0 Å². The maximum atomic E-state index is 10.6. The van der Waals surface area contributed by atoms with Gasteiger partial charge in [-0.25, -0.2) is 23.5 Å². The average molecular weight is 251 g/mol. The summed E-state index contributed by atoms with van der Waals surface area (Å²) in [6, 6.07) is 0. The van der Waals surface area contributed by atoms with Crippen LogP contribution in [-0.2, 0) is 10.0 Å². The number of rotatable bonds is 5. The van der Waals surface area contributed by atoms with Crippen molar-refractivity contribution in [3.05, 3.63) is 17.4 Å². The number of nitrogens with one attached hydrogen (secondary N) is 1. The lowest BCUT2D eigenvalue weighted by Crippen LogP contribution is -2.19. The molecule has 0 bridgehead atoms. The first-order valence-corrected chi connectivity index (χ1v) is 6.28. The number of hydrogen-bond acceptors (Lipinski definition) is 5. The van der Waals surface area contributed by atoms with Crippen molar-refractivity contribution in [1.82, 2.24) is 9.97 Å². The van der Waals surface area contributed by atoms with Crippen molar-refractivity contribution in [3.8, 4) is 0 Å². The molecular formula is C7H11ClN4O2S. The number of hydrogen-bond donors (Lipinski definition) is 2. The number of nitrogens with zero attached hydrogens (tertiary/aromatic N) is 2. The molecule has 0 aliphatic rings. The zero-order valence-corrected chi connectivity index (χ0v) is 9.42. The topological polar surface area (TPSA) is 98.0 Å². The molecule has 1 heterocycles. The summed E-state index contributed by atoms with van der Waals surface area (Å²) in [5.74, 6) is 0.349. The predicted molar refractivity (Wildman–Crippen MR) is 58.1 cm³/mol. The molecule has 0 aliphatic heterocycles. The van der Waals surface area contributed by atoms with Crippen molar-refractivity contribution in [2.24, 2.45) is 5.14 Å². The van der Waals surface area contributed by atoms with Gasteiger partial charge in [-0.05, 0) is 6.42 Å². The second-order valence-corrected chi connectivity index (χ2v) is 5.04. The normalized spacial score (nSPS) is 11.3. The Morgan fingerprint density at radius 3 is 2.53 bits per heavy atom. The fourth-order valence-corrected chi connectivity index (χ4v) is 1.52. The van der Waals surface area contributed by atoms with E-state index in [9.17, 15) is 8.42 Å². The highest BCUT2D eigenvalue weighted by atomic mass is 35.5. The summed E-state index contributed by atoms with van der Waals surface area (Å²) >= 11 is 5.58. The maximum absolute atomic E-state index is 10.6. The van der Waals surface area contributed by atoms with Gasteiger partial charge in [0.25, 0.3) is 0 Å². The molecule has 0 spiro atoms. The lowest BCUT2D eigenvalue weighted by Gasteiger charge is -2.03. The number of primary sulfonamides is 1. The summed E-state index contributed by atoms with van der Waals surface area (Å²) in [5.41, 5.74) is 0. The Morgan fingerprint density at radius 2 is 2.00 bits per heavy atom. The maximum Gasteiger partial charge on any atom is 0.222 e. The monoisotopic (exact) mass is 250 g/mol. The molecule has 0 radical (unpaired) electrons. The third-order valence-corrected chi connectivity index (χ3v) is 2.56. The molecule has 1 aromatic heterocycles. The molecule has 0 saturated carbocycles. The van der Waals surface area contributed by atoms with Crippen molar-refractivity contribution < 1.29 is 8.42 Å². The van der Waals surface area contributed by atoms with E-state index in [0.29, 0.717) is 23.9 Å². The van der Waals surface area contributed by atoms with E-state index in [0.717, 1.165) is 0 Å². The van der Waals surface area contributed by atoms with Crippen molar-refractivity contribution in [3.63, 3.8) is 0 Å². The first-order valence-electron chi connectivity index (χ1n) is 4.19. The largest absolute Gasteiger partial charge is 0.354 e. The van der Waals surface area contributed by atoms with Gasteiger partial charge in [-0.1, -0.05) is 11.6 Å². The second kappa shape index (κ2) is 5.24. The molecule has 0 aromatic carbocycles. The second-order valence-electron chi connectivity index (χ2n) is 2.87. The summed E-state index contributed by atoms with van der Waals surface area (Å²) in [6.07, 6.45) is 3.32. The minimum atomic E-state index is -3.39. The SMILES string of the molecule is NS(=O)(=O)CCCNc1ncc(Cl)cn1. The molecule has 1 rings (SSSR count). The molecular weight excluding hydrogens is 240 g/mol. The summed E-state index contributed by atoms with van der Waals surface area (Å²) in [6.45, 7) is 0.443. The Hall–Kier alpha value is -0.920. The molecule has 0 saturated heterocycles. The highest BCUT2D eigenvalue weighted by Crippen LogP contribution is 2.05. The smallest absolute Gasteiger partial charge is 0.222 e. The fourth-order valence-electron chi connectivity index (χ4n) is 0.877. The zero-order valence-electron chi connectivity index (χ0n) is 7.85. The molecule has 8 heteroatoms. The van der Waals surface area contributed by atoms with Crippen LogP contribution in [0.2, 0.25) is 5.02 Å². The van der Waals surface area contributed by atoms with Crippen LogP contribution >= 0.6 is 11.6 Å². The quantitative estimate of drug-likeness (QED) is 0.729. The molecule has 0 aliphatic carbocycles. The van der Waals surface area contributed by atoms with E-state index < -0.39 is 10.0 Å². The summed E-state index contributed by atoms with van der Waals surface area (Å²) in [7, 11) is -3.39. The van der Waals surface area contributed by atoms with Crippen LogP contribution < -0.4 is 10.5 Å². The van der Waals surface area contributed by atoms with E-state index >= 15 is 0 Å². The van der Waals surface area contributed by atoms with Crippen LogP contribution in [0.25, 0.3) is 0 Å². The number of anilines is 1. The fraction of sp³-hybridized carbons (Fsp3) is 0.429. The van der Waals surface area contributed by atoms with Crippen LogP contribution in [0.4, 0.5) is 5.95 Å². The lowest BCUT2D eigenvalue weighted by molar-refractivity contribution is 0.595. The molecule has 1 aromatic rings. The van der Waals surface area contributed by atoms with Gasteiger partial charge in [0.05, 0.1) is 23.2 Å². The zero-order chi connectivity index (χ0) is 11.3. The van der Waals surface area contributed by atoms with Crippen LogP contribution in [0.3, 0.4) is 0 Å². The third-order valence-electron chi connectivity index (χ3n) is 1.51. The first-order chi connectivity index (χ1) is 6.97. The van der Waals surface area contributed by atoms with Gasteiger partial charge in [-0.2, -0.15) is 0 Å². The van der Waals surface area contributed by atoms with E-state index in [2.05, 4.69) is 15.3 Å². The van der Waals surface area contributed by atoms with E-state index in [4.69, 9.17) is 16.7 Å². The number of aromatic nitrogens is 2. The molecule has 6 nitrogen and oxygen atoms in total. The van der Waals surface area contributed by atoms with E-state index in [-0.39, 0.29) is 5.75 Å². The highest BCUT2D eigenvalue weighted by Gasteiger charge is 2.01. The summed E-state index contributed by atoms with van der Waals surface area (Å²) in [5, 5.41) is 8.12. The minimum Gasteiger partial charge on any atom is -0.354 e. The summed E-state index contributed by atoms with van der Waals surface area (Å²) < 4.78 is 21.2. The van der Waals surface area contributed by atoms with Gasteiger partial charge < -0.3 is 5.32 Å². The van der Waals surface area contributed by atoms with Gasteiger partial charge in [0.15, 0.2) is 0 Å². The molecule has 0 unspecified atom stereocenters. The predicted octanol–water partition coefficient (Wildman–Crippen LogP) is 0.220. The molecule has 0 fully saturated rings. The molecule has 0 atom stereocenters. The Bertz CT molecular complexity index is 406. The number of sulfonamides is 1. The van der Waals surface area contributed by atoms with Gasteiger partial charge in [-0.15, -0.1) is 0 Å². The van der Waals surface area contributed by atoms with Crippen LogP contribution in [0, 0.1) is 0 Å². The van der Waals surface area contributed by atoms with Gasteiger partial charge in [0.2, 0.25) is 16.0 Å². The van der Waals surface area contributed by atoms with Crippen LogP contribution in [0.1, 0.15) is 6.42 Å². The van der Waals surface area contributed by atoms with E-state index in [1.165, 1.54) is 12.4 Å². The number of halogens is 1. The third kappa shape index (κ3) is 5.50. The molecule has 3 N–H and O–H groups in total. The minimum absolute atomic E-state index is 0.0619. The van der Waals surface area contributed by atoms with Crippen molar-refractivity contribution in [2.75, 3.05) is 17.6 Å². The standard InChI is InChI=1S/C7H11ClN4O2S/c8-6-4-11-7(12-5-6)10-2-1-3-15(9,13)14/h4-5H,1-3H2,(H2,9,13,14)(H,10,11,12). The van der Waals surface area contributed by atoms with Gasteiger partial charge in [0.1, 0.15) is 0 Å². The number of nitrogens with two attached hydrogens (primary N) is 1. The Kier molecular flexibility index (Phi) is 4.25. The van der Waals surface area contributed by atoms with Gasteiger partial charge >= 0.3 is 0 Å². The Morgan fingerprint density at radius 1 is 1.40 bits per heavy atom. The van der Waals surface area contributed by atoms with Crippen molar-refractivity contribution in [1.29, 1.82) is 0 Å². The molecule has 0 amide bonds. The molecule has 84 valence electrons. The highest BCUT2D eigenvalue weighted by molar-refractivity contribution is 7.89. The van der Waals surface area contributed by atoms with E-state index in [1.54, 1.807) is 0 Å². The average Bonchev–Trinajstić information content (AvgIpc) is 2.14. The van der Waals surface area contributed by atoms with Crippen LogP contribution in [0.5, 0.6) is 0 Å². The van der Waals surface area contributed by atoms with Crippen LogP contribution in [0.15, 0.2) is 12.4 Å². The first kappa shape index (κ1) is 12.2.